The molecule has 7 heteroatoms. The van der Waals surface area contributed by atoms with Gasteiger partial charge in [-0.1, -0.05) is 33.1 Å². The molecule has 0 radical (unpaired) electrons. The maximum atomic E-state index is 12.4. The SMILES string of the molecule is CCC(CC)(CN)C(=O)NCCc1nc(C2CCCCC2)cs1.Cl.Cl. The number of nitrogens with zero attached hydrogens (tertiary/aromatic N) is 1. The fourth-order valence-corrected chi connectivity index (χ4v) is 4.33. The number of carbonyl (C=O) groups excluding carboxylic acids is 1. The van der Waals surface area contributed by atoms with Crippen molar-refractivity contribution in [1.82, 2.24) is 10.3 Å². The predicted molar refractivity (Wildman–Crippen MR) is 111 cm³/mol. The van der Waals surface area contributed by atoms with Crippen LogP contribution in [0, 0.1) is 5.41 Å². The number of carbonyl (C=O) groups is 1. The van der Waals surface area contributed by atoms with Crippen LogP contribution in [0.25, 0.3) is 0 Å². The third kappa shape index (κ3) is 6.38. The van der Waals surface area contributed by atoms with Gasteiger partial charge in [-0.15, -0.1) is 36.2 Å². The summed E-state index contributed by atoms with van der Waals surface area (Å²) in [5.74, 6) is 0.752. The highest BCUT2D eigenvalue weighted by Crippen LogP contribution is 2.33. The Balaban J connectivity index is 0.00000288. The van der Waals surface area contributed by atoms with Gasteiger partial charge in [0.15, 0.2) is 0 Å². The summed E-state index contributed by atoms with van der Waals surface area (Å²) in [4.78, 5) is 17.2. The summed E-state index contributed by atoms with van der Waals surface area (Å²) in [5, 5.41) is 6.42. The van der Waals surface area contributed by atoms with Crippen molar-refractivity contribution in [2.45, 2.75) is 71.1 Å². The van der Waals surface area contributed by atoms with Crippen molar-refractivity contribution in [3.8, 4) is 0 Å². The van der Waals surface area contributed by atoms with Crippen LogP contribution in [-0.2, 0) is 11.2 Å². The van der Waals surface area contributed by atoms with Crippen molar-refractivity contribution >= 4 is 42.1 Å². The van der Waals surface area contributed by atoms with E-state index in [2.05, 4.69) is 10.7 Å². The molecule has 4 nitrogen and oxygen atoms in total. The second-order valence-electron chi connectivity index (χ2n) is 6.70. The Hall–Kier alpha value is -0.360. The van der Waals surface area contributed by atoms with Crippen LogP contribution in [0.2, 0.25) is 0 Å². The van der Waals surface area contributed by atoms with Gasteiger partial charge in [0.25, 0.3) is 0 Å². The zero-order chi connectivity index (χ0) is 16.7. The molecule has 1 aliphatic rings. The summed E-state index contributed by atoms with van der Waals surface area (Å²) in [5.41, 5.74) is 6.69. The number of nitrogens with one attached hydrogen (secondary N) is 1. The van der Waals surface area contributed by atoms with Gasteiger partial charge in [0.1, 0.15) is 0 Å². The molecule has 3 N–H and O–H groups in total. The summed E-state index contributed by atoms with van der Waals surface area (Å²) in [6.07, 6.45) is 9.00. The summed E-state index contributed by atoms with van der Waals surface area (Å²) in [7, 11) is 0. The molecule has 0 saturated heterocycles. The highest BCUT2D eigenvalue weighted by molar-refractivity contribution is 7.09. The van der Waals surface area contributed by atoms with Crippen molar-refractivity contribution in [1.29, 1.82) is 0 Å². The van der Waals surface area contributed by atoms with Gasteiger partial charge in [-0.2, -0.15) is 0 Å². The van der Waals surface area contributed by atoms with Crippen molar-refractivity contribution < 1.29 is 4.79 Å². The van der Waals surface area contributed by atoms with Gasteiger partial charge < -0.3 is 11.1 Å². The Labute approximate surface area is 168 Å². The highest BCUT2D eigenvalue weighted by Gasteiger charge is 2.32. The van der Waals surface area contributed by atoms with Crippen molar-refractivity contribution in [2.75, 3.05) is 13.1 Å². The second kappa shape index (κ2) is 12.1. The van der Waals surface area contributed by atoms with E-state index in [1.54, 1.807) is 11.3 Å². The summed E-state index contributed by atoms with van der Waals surface area (Å²) >= 11 is 1.73. The van der Waals surface area contributed by atoms with Gasteiger partial charge in [0, 0.05) is 30.8 Å². The lowest BCUT2D eigenvalue weighted by molar-refractivity contribution is -0.131. The molecule has 25 heavy (non-hydrogen) atoms. The number of halogens is 2. The van der Waals surface area contributed by atoms with Gasteiger partial charge >= 0.3 is 0 Å². The average molecular weight is 410 g/mol. The molecule has 0 spiro atoms. The molecular weight excluding hydrogens is 377 g/mol. The van der Waals surface area contributed by atoms with Gasteiger partial charge in [-0.05, 0) is 25.7 Å². The molecule has 1 aliphatic carbocycles. The Kier molecular flexibility index (Phi) is 11.9. The molecule has 1 amide bonds. The molecule has 0 aromatic carbocycles. The van der Waals surface area contributed by atoms with E-state index in [1.165, 1.54) is 37.8 Å². The summed E-state index contributed by atoms with van der Waals surface area (Å²) in [6.45, 7) is 5.13. The number of thiazole rings is 1. The van der Waals surface area contributed by atoms with Gasteiger partial charge in [0.05, 0.1) is 16.1 Å². The fraction of sp³-hybridized carbons (Fsp3) is 0.778. The van der Waals surface area contributed by atoms with Crippen LogP contribution in [0.5, 0.6) is 0 Å². The zero-order valence-electron chi connectivity index (χ0n) is 15.4. The zero-order valence-corrected chi connectivity index (χ0v) is 17.8. The van der Waals surface area contributed by atoms with Crippen molar-refractivity contribution in [2.24, 2.45) is 11.1 Å². The van der Waals surface area contributed by atoms with E-state index >= 15 is 0 Å². The topological polar surface area (TPSA) is 68.0 Å². The van der Waals surface area contributed by atoms with E-state index in [9.17, 15) is 4.79 Å². The second-order valence-corrected chi connectivity index (χ2v) is 7.64. The Bertz CT molecular complexity index is 492. The van der Waals surface area contributed by atoms with E-state index in [4.69, 9.17) is 10.7 Å². The Morgan fingerprint density at radius 3 is 2.48 bits per heavy atom. The summed E-state index contributed by atoms with van der Waals surface area (Å²) in [6, 6.07) is 0. The van der Waals surface area contributed by atoms with Gasteiger partial charge in [-0.3, -0.25) is 4.79 Å². The summed E-state index contributed by atoms with van der Waals surface area (Å²) < 4.78 is 0. The molecule has 1 aromatic rings. The number of hydrogen-bond acceptors (Lipinski definition) is 4. The largest absolute Gasteiger partial charge is 0.355 e. The lowest BCUT2D eigenvalue weighted by Crippen LogP contribution is -2.45. The Morgan fingerprint density at radius 1 is 1.28 bits per heavy atom. The molecule has 2 rings (SSSR count). The number of aromatic nitrogens is 1. The van der Waals surface area contributed by atoms with Crippen LogP contribution in [-0.4, -0.2) is 24.0 Å². The van der Waals surface area contributed by atoms with Crippen molar-refractivity contribution in [3.05, 3.63) is 16.1 Å². The lowest BCUT2D eigenvalue weighted by atomic mass is 9.81. The third-order valence-electron chi connectivity index (χ3n) is 5.44. The van der Waals surface area contributed by atoms with Crippen LogP contribution in [0.4, 0.5) is 0 Å². The third-order valence-corrected chi connectivity index (χ3v) is 6.37. The van der Waals surface area contributed by atoms with E-state index < -0.39 is 5.41 Å². The maximum absolute atomic E-state index is 12.4. The first-order valence-corrected chi connectivity index (χ1v) is 9.95. The minimum Gasteiger partial charge on any atom is -0.355 e. The molecule has 0 aliphatic heterocycles. The van der Waals surface area contributed by atoms with E-state index in [0.717, 1.165) is 24.3 Å². The molecule has 146 valence electrons. The number of hydrogen-bond donors (Lipinski definition) is 2. The monoisotopic (exact) mass is 409 g/mol. The van der Waals surface area contributed by atoms with E-state index in [0.29, 0.717) is 19.0 Å². The molecule has 1 heterocycles. The molecule has 0 unspecified atom stereocenters. The number of nitrogens with two attached hydrogens (primary N) is 1. The van der Waals surface area contributed by atoms with Gasteiger partial charge in [-0.25, -0.2) is 4.98 Å². The first-order chi connectivity index (χ1) is 11.1. The van der Waals surface area contributed by atoms with Crippen LogP contribution >= 0.6 is 36.2 Å². The normalized spacial score (nSPS) is 15.2. The Morgan fingerprint density at radius 2 is 1.92 bits per heavy atom. The molecule has 0 atom stereocenters. The average Bonchev–Trinajstić information content (AvgIpc) is 3.07. The molecule has 1 fully saturated rings. The smallest absolute Gasteiger partial charge is 0.227 e. The molecule has 1 aromatic heterocycles. The quantitative estimate of drug-likeness (QED) is 0.665. The van der Waals surface area contributed by atoms with E-state index in [-0.39, 0.29) is 30.7 Å². The lowest BCUT2D eigenvalue weighted by Gasteiger charge is -2.28. The van der Waals surface area contributed by atoms with Crippen LogP contribution in [0.15, 0.2) is 5.38 Å². The first kappa shape index (κ1) is 24.6. The van der Waals surface area contributed by atoms with E-state index in [1.807, 2.05) is 13.8 Å². The maximum Gasteiger partial charge on any atom is 0.227 e. The molecular formula is C18H33Cl2N3OS. The highest BCUT2D eigenvalue weighted by atomic mass is 35.5. The molecule has 1 saturated carbocycles. The minimum absolute atomic E-state index is 0. The van der Waals surface area contributed by atoms with Crippen LogP contribution < -0.4 is 11.1 Å². The minimum atomic E-state index is -0.407. The molecule has 0 bridgehead atoms. The fourth-order valence-electron chi connectivity index (χ4n) is 3.45. The number of rotatable bonds is 8. The predicted octanol–water partition coefficient (Wildman–Crippen LogP) is 4.46. The van der Waals surface area contributed by atoms with Crippen LogP contribution in [0.1, 0.15) is 75.4 Å². The van der Waals surface area contributed by atoms with Crippen molar-refractivity contribution in [3.63, 3.8) is 0 Å². The van der Waals surface area contributed by atoms with Crippen LogP contribution in [0.3, 0.4) is 0 Å². The number of amides is 1. The standard InChI is InChI=1S/C18H31N3OS.2ClH/c1-3-18(4-2,13-19)17(22)20-11-10-16-21-15(12-23-16)14-8-6-5-7-9-14;;/h12,14H,3-11,13,19H2,1-2H3,(H,20,22);2*1H. The van der Waals surface area contributed by atoms with Gasteiger partial charge in [0.2, 0.25) is 5.91 Å². The first-order valence-electron chi connectivity index (χ1n) is 9.08.